The molecule has 1 aliphatic carbocycles. The van der Waals surface area contributed by atoms with E-state index >= 15 is 0 Å². The van der Waals surface area contributed by atoms with Crippen LogP contribution in [0.2, 0.25) is 0 Å². The van der Waals surface area contributed by atoms with Gasteiger partial charge in [0.1, 0.15) is 0 Å². The van der Waals surface area contributed by atoms with Crippen molar-refractivity contribution in [3.05, 3.63) is 105 Å². The van der Waals surface area contributed by atoms with Crippen molar-refractivity contribution < 1.29 is 10.0 Å². The number of hydrogen-bond acceptors (Lipinski definition) is 5. The highest BCUT2D eigenvalue weighted by molar-refractivity contribution is 5.83. The Morgan fingerprint density at radius 2 is 1.94 bits per heavy atom. The minimum Gasteiger partial charge on any atom is -0.502 e. The van der Waals surface area contributed by atoms with Crippen LogP contribution in [0.1, 0.15) is 40.6 Å². The summed E-state index contributed by atoms with van der Waals surface area (Å²) in [5.41, 5.74) is 6.06. The smallest absolute Gasteiger partial charge is 0.311 e. The third kappa shape index (κ3) is 3.64. The van der Waals surface area contributed by atoms with Gasteiger partial charge in [0.15, 0.2) is 5.75 Å². The average molecular weight is 425 g/mol. The van der Waals surface area contributed by atoms with E-state index < -0.39 is 4.92 Å². The maximum absolute atomic E-state index is 11.0. The predicted molar refractivity (Wildman–Crippen MR) is 126 cm³/mol. The van der Waals surface area contributed by atoms with Gasteiger partial charge in [-0.1, -0.05) is 42.0 Å². The van der Waals surface area contributed by atoms with Gasteiger partial charge in [-0.3, -0.25) is 15.1 Å². The summed E-state index contributed by atoms with van der Waals surface area (Å²) in [6.45, 7) is 2.13. The molecular weight excluding hydrogens is 402 g/mol. The highest BCUT2D eigenvalue weighted by Gasteiger charge is 2.37. The van der Waals surface area contributed by atoms with Gasteiger partial charge >= 0.3 is 5.69 Å². The lowest BCUT2D eigenvalue weighted by atomic mass is 9.76. The first kappa shape index (κ1) is 20.0. The van der Waals surface area contributed by atoms with E-state index in [0.29, 0.717) is 17.4 Å². The number of nitrogens with one attached hydrogen (secondary N) is 1. The van der Waals surface area contributed by atoms with E-state index in [1.807, 2.05) is 12.1 Å². The Hall–Kier alpha value is -3.93. The Balaban J connectivity index is 1.37. The Bertz CT molecular complexity index is 1250. The molecule has 3 aromatic rings. The van der Waals surface area contributed by atoms with Gasteiger partial charge in [-0.25, -0.2) is 0 Å². The van der Waals surface area contributed by atoms with Crippen LogP contribution in [-0.4, -0.2) is 16.2 Å². The average Bonchev–Trinajstić information content (AvgIpc) is 3.29. The van der Waals surface area contributed by atoms with E-state index in [0.717, 1.165) is 12.1 Å². The van der Waals surface area contributed by atoms with E-state index in [1.165, 1.54) is 34.5 Å². The van der Waals surface area contributed by atoms with Crippen LogP contribution in [0.25, 0.3) is 0 Å². The van der Waals surface area contributed by atoms with E-state index in [1.54, 1.807) is 12.3 Å². The summed E-state index contributed by atoms with van der Waals surface area (Å²) in [6, 6.07) is 19.2. The second kappa shape index (κ2) is 7.96. The number of rotatable bonds is 4. The molecule has 3 aromatic carbocycles. The van der Waals surface area contributed by atoms with Gasteiger partial charge in [0.25, 0.3) is 0 Å². The van der Waals surface area contributed by atoms with Gasteiger partial charge < -0.3 is 10.4 Å². The summed E-state index contributed by atoms with van der Waals surface area (Å²) in [5, 5.41) is 24.3. The minimum atomic E-state index is -0.608. The third-order valence-electron chi connectivity index (χ3n) is 6.33. The molecule has 6 nitrogen and oxygen atoms in total. The second-order valence-electron chi connectivity index (χ2n) is 8.42. The quantitative estimate of drug-likeness (QED) is 0.226. The topological polar surface area (TPSA) is 87.8 Å². The van der Waals surface area contributed by atoms with Crippen molar-refractivity contribution in [1.29, 1.82) is 0 Å². The summed E-state index contributed by atoms with van der Waals surface area (Å²) in [6.07, 6.45) is 7.24. The van der Waals surface area contributed by atoms with Crippen LogP contribution < -0.4 is 5.32 Å². The fourth-order valence-corrected chi connectivity index (χ4v) is 4.73. The number of fused-ring (bicyclic) bond motifs is 3. The van der Waals surface area contributed by atoms with E-state index in [-0.39, 0.29) is 17.5 Å². The van der Waals surface area contributed by atoms with Gasteiger partial charge in [0.2, 0.25) is 0 Å². The second-order valence-corrected chi connectivity index (χ2v) is 8.42. The molecule has 0 saturated heterocycles. The number of benzene rings is 3. The molecule has 3 atom stereocenters. The number of aliphatic imine (C=N–C) groups is 1. The molecule has 1 heterocycles. The van der Waals surface area contributed by atoms with E-state index in [9.17, 15) is 15.2 Å². The number of nitro benzene ring substituents is 1. The molecule has 32 heavy (non-hydrogen) atoms. The van der Waals surface area contributed by atoms with Gasteiger partial charge in [-0.15, -0.1) is 0 Å². The van der Waals surface area contributed by atoms with Crippen molar-refractivity contribution in [3.8, 4) is 5.75 Å². The summed E-state index contributed by atoms with van der Waals surface area (Å²) in [4.78, 5) is 14.8. The van der Waals surface area contributed by atoms with Crippen LogP contribution in [0, 0.1) is 23.0 Å². The van der Waals surface area contributed by atoms with Crippen LogP contribution in [0.4, 0.5) is 17.1 Å². The molecule has 2 aliphatic rings. The summed E-state index contributed by atoms with van der Waals surface area (Å²) < 4.78 is 0. The molecule has 0 aromatic heterocycles. The zero-order valence-electron chi connectivity index (χ0n) is 17.6. The minimum absolute atomic E-state index is 0.225. The summed E-state index contributed by atoms with van der Waals surface area (Å²) in [5.74, 6) is 0.559. The standard InChI is InChI=1S/C26H23N3O3/c1-16-5-11-23-22(13-16)20-3-2-4-21(20)26(28-23)18-7-9-19(10-8-18)27-15-17-6-12-25(30)24(14-17)29(31)32/h2-3,5-15,20-21,26,28,30H,4H2,1H3/t20-,21+,26+/m1/s1. The summed E-state index contributed by atoms with van der Waals surface area (Å²) in [7, 11) is 0. The first-order valence-corrected chi connectivity index (χ1v) is 10.6. The molecule has 2 N–H and O–H groups in total. The maximum atomic E-state index is 11.0. The Kier molecular flexibility index (Phi) is 4.98. The molecule has 0 amide bonds. The lowest BCUT2D eigenvalue weighted by molar-refractivity contribution is -0.385. The third-order valence-corrected chi connectivity index (χ3v) is 6.33. The molecular formula is C26H23N3O3. The Morgan fingerprint density at radius 1 is 1.12 bits per heavy atom. The first-order valence-electron chi connectivity index (χ1n) is 10.6. The highest BCUT2D eigenvalue weighted by Crippen LogP contribution is 2.50. The first-order chi connectivity index (χ1) is 15.5. The molecule has 0 bridgehead atoms. The SMILES string of the molecule is Cc1ccc2c(c1)[C@@H]1C=CC[C@@H]1[C@H](c1ccc(N=Cc3ccc(O)c([N+](=O)[O-])c3)cc1)N2. The van der Waals surface area contributed by atoms with Crippen LogP contribution in [-0.2, 0) is 0 Å². The zero-order valence-corrected chi connectivity index (χ0v) is 17.6. The molecule has 1 aliphatic heterocycles. The molecule has 6 heteroatoms. The van der Waals surface area contributed by atoms with E-state index in [2.05, 4.69) is 59.7 Å². The normalized spacial score (nSPS) is 21.2. The fraction of sp³-hybridized carbons (Fsp3) is 0.192. The number of phenolic OH excluding ortho intramolecular Hbond substituents is 1. The fourth-order valence-electron chi connectivity index (χ4n) is 4.73. The largest absolute Gasteiger partial charge is 0.502 e. The van der Waals surface area contributed by atoms with Crippen molar-refractivity contribution in [1.82, 2.24) is 0 Å². The predicted octanol–water partition coefficient (Wildman–Crippen LogP) is 6.19. The summed E-state index contributed by atoms with van der Waals surface area (Å²) >= 11 is 0. The monoisotopic (exact) mass is 425 g/mol. The molecule has 0 radical (unpaired) electrons. The number of anilines is 1. The Morgan fingerprint density at radius 3 is 2.72 bits per heavy atom. The van der Waals surface area contributed by atoms with Gasteiger partial charge in [-0.05, 0) is 66.3 Å². The molecule has 0 spiro atoms. The Labute approximate surface area is 186 Å². The van der Waals surface area contributed by atoms with Crippen molar-refractivity contribution in [3.63, 3.8) is 0 Å². The zero-order chi connectivity index (χ0) is 22.2. The maximum Gasteiger partial charge on any atom is 0.311 e. The van der Waals surface area contributed by atoms with Gasteiger partial charge in [-0.2, -0.15) is 0 Å². The molecule has 0 unspecified atom stereocenters. The number of allylic oxidation sites excluding steroid dienone is 2. The van der Waals surface area contributed by atoms with Crippen LogP contribution in [0.3, 0.4) is 0 Å². The number of hydrogen-bond donors (Lipinski definition) is 2. The molecule has 160 valence electrons. The van der Waals surface area contributed by atoms with Crippen molar-refractivity contribution in [2.75, 3.05) is 5.32 Å². The van der Waals surface area contributed by atoms with E-state index in [4.69, 9.17) is 0 Å². The molecule has 0 fully saturated rings. The van der Waals surface area contributed by atoms with Crippen LogP contribution in [0.5, 0.6) is 5.75 Å². The lowest BCUT2D eigenvalue weighted by Gasteiger charge is -2.37. The number of nitrogens with zero attached hydrogens (tertiary/aromatic N) is 2. The van der Waals surface area contributed by atoms with Gasteiger partial charge in [0, 0.05) is 23.9 Å². The van der Waals surface area contributed by atoms with Crippen LogP contribution in [0.15, 0.2) is 77.8 Å². The highest BCUT2D eigenvalue weighted by atomic mass is 16.6. The van der Waals surface area contributed by atoms with Gasteiger partial charge in [0.05, 0.1) is 16.7 Å². The number of nitro groups is 1. The van der Waals surface area contributed by atoms with Crippen molar-refractivity contribution >= 4 is 23.3 Å². The van der Waals surface area contributed by atoms with Crippen molar-refractivity contribution in [2.45, 2.75) is 25.3 Å². The lowest BCUT2D eigenvalue weighted by Crippen LogP contribution is -2.29. The molecule has 5 rings (SSSR count). The number of aryl methyl sites for hydroxylation is 1. The molecule has 0 saturated carbocycles. The number of aromatic hydroxyl groups is 1. The number of phenols is 1. The van der Waals surface area contributed by atoms with Crippen molar-refractivity contribution in [2.24, 2.45) is 10.9 Å². The van der Waals surface area contributed by atoms with Crippen LogP contribution >= 0.6 is 0 Å².